The Kier molecular flexibility index (Phi) is 7.14. The zero-order valence-electron chi connectivity index (χ0n) is 18.0. The molecule has 5 nitrogen and oxygen atoms in total. The number of carbonyl (C=O) groups is 2. The van der Waals surface area contributed by atoms with E-state index in [2.05, 4.69) is 0 Å². The SMILES string of the molecule is COC(=O)c1cc(Cl)cc(C)c1SC1=C(O)C(=O)N(c2cccc(Cl)c2)C1c1ccc(Cl)cc1. The molecule has 0 aliphatic carbocycles. The van der Waals surface area contributed by atoms with Gasteiger partial charge in [-0.1, -0.05) is 64.8 Å². The average Bonchev–Trinajstić information content (AvgIpc) is 3.05. The Morgan fingerprint density at radius 2 is 1.71 bits per heavy atom. The fourth-order valence-corrected chi connectivity index (χ4v) is 5.57. The zero-order chi connectivity index (χ0) is 24.6. The van der Waals surface area contributed by atoms with Crippen molar-refractivity contribution < 1.29 is 19.4 Å². The van der Waals surface area contributed by atoms with E-state index >= 15 is 0 Å². The first-order valence-corrected chi connectivity index (χ1v) is 12.0. The first-order chi connectivity index (χ1) is 16.2. The van der Waals surface area contributed by atoms with E-state index in [1.165, 1.54) is 18.1 Å². The predicted octanol–water partition coefficient (Wildman–Crippen LogP) is 7.39. The summed E-state index contributed by atoms with van der Waals surface area (Å²) >= 11 is 19.6. The lowest BCUT2D eigenvalue weighted by atomic mass is 10.1. The van der Waals surface area contributed by atoms with Gasteiger partial charge in [0.05, 0.1) is 23.6 Å². The molecule has 3 aromatic rings. The Bertz CT molecular complexity index is 1320. The maximum absolute atomic E-state index is 13.3. The van der Waals surface area contributed by atoms with Crippen molar-refractivity contribution in [2.75, 3.05) is 12.0 Å². The van der Waals surface area contributed by atoms with E-state index in [1.54, 1.807) is 61.5 Å². The van der Waals surface area contributed by atoms with Crippen LogP contribution >= 0.6 is 46.6 Å². The minimum absolute atomic E-state index is 0.237. The first-order valence-electron chi connectivity index (χ1n) is 10.0. The van der Waals surface area contributed by atoms with Crippen LogP contribution in [0.1, 0.15) is 27.5 Å². The standard InChI is InChI=1S/C25H18Cl3NO4S/c1-13-10-17(28)12-19(25(32)33-2)22(13)34-23-20(14-6-8-15(26)9-7-14)29(24(31)21(23)30)18-5-3-4-16(27)11-18/h3-12,20,30H,1-2H3. The van der Waals surface area contributed by atoms with Crippen molar-refractivity contribution in [1.29, 1.82) is 0 Å². The molecule has 9 heteroatoms. The molecular weight excluding hydrogens is 517 g/mol. The molecule has 34 heavy (non-hydrogen) atoms. The summed E-state index contributed by atoms with van der Waals surface area (Å²) in [6.07, 6.45) is 0. The summed E-state index contributed by atoms with van der Waals surface area (Å²) in [4.78, 5) is 28.1. The quantitative estimate of drug-likeness (QED) is 0.346. The highest BCUT2D eigenvalue weighted by molar-refractivity contribution is 8.03. The number of thioether (sulfide) groups is 1. The topological polar surface area (TPSA) is 66.8 Å². The van der Waals surface area contributed by atoms with Gasteiger partial charge in [-0.2, -0.15) is 0 Å². The molecule has 1 amide bonds. The third-order valence-electron chi connectivity index (χ3n) is 5.29. The van der Waals surface area contributed by atoms with Gasteiger partial charge in [0.1, 0.15) is 0 Å². The number of nitrogens with zero attached hydrogens (tertiary/aromatic N) is 1. The van der Waals surface area contributed by atoms with Crippen LogP contribution in [0.3, 0.4) is 0 Å². The summed E-state index contributed by atoms with van der Waals surface area (Å²) in [5.41, 5.74) is 2.17. The molecule has 0 radical (unpaired) electrons. The molecule has 1 unspecified atom stereocenters. The highest BCUT2D eigenvalue weighted by Gasteiger charge is 2.42. The molecule has 3 aromatic carbocycles. The minimum atomic E-state index is -0.686. The monoisotopic (exact) mass is 533 g/mol. The Morgan fingerprint density at radius 1 is 1.00 bits per heavy atom. The van der Waals surface area contributed by atoms with Gasteiger partial charge in [0, 0.05) is 25.7 Å². The van der Waals surface area contributed by atoms with Crippen LogP contribution in [0.2, 0.25) is 15.1 Å². The van der Waals surface area contributed by atoms with Crippen LogP contribution < -0.4 is 4.90 Å². The highest BCUT2D eigenvalue weighted by atomic mass is 35.5. The van der Waals surface area contributed by atoms with Gasteiger partial charge in [0.25, 0.3) is 5.91 Å². The highest BCUT2D eigenvalue weighted by Crippen LogP contribution is 2.49. The molecule has 1 heterocycles. The van der Waals surface area contributed by atoms with Crippen molar-refractivity contribution >= 4 is 64.1 Å². The number of ether oxygens (including phenoxy) is 1. The second-order valence-corrected chi connectivity index (χ2v) is 9.88. The number of esters is 1. The van der Waals surface area contributed by atoms with Crippen LogP contribution in [-0.2, 0) is 9.53 Å². The molecule has 174 valence electrons. The Morgan fingerprint density at radius 3 is 2.35 bits per heavy atom. The summed E-state index contributed by atoms with van der Waals surface area (Å²) in [5, 5.41) is 12.4. The third-order valence-corrected chi connectivity index (χ3v) is 7.38. The number of hydrogen-bond donors (Lipinski definition) is 1. The summed E-state index contributed by atoms with van der Waals surface area (Å²) < 4.78 is 4.93. The van der Waals surface area contributed by atoms with Crippen LogP contribution in [0.5, 0.6) is 0 Å². The number of carbonyl (C=O) groups excluding carboxylic acids is 2. The molecule has 0 saturated heterocycles. The normalized spacial score (nSPS) is 15.7. The Balaban J connectivity index is 1.88. The number of methoxy groups -OCH3 is 1. The molecular formula is C25H18Cl3NO4S. The van der Waals surface area contributed by atoms with Crippen LogP contribution in [-0.4, -0.2) is 24.1 Å². The molecule has 1 N–H and O–H groups in total. The largest absolute Gasteiger partial charge is 0.502 e. The number of hydrogen-bond acceptors (Lipinski definition) is 5. The summed E-state index contributed by atoms with van der Waals surface area (Å²) in [6, 6.07) is 16.3. The molecule has 0 saturated carbocycles. The minimum Gasteiger partial charge on any atom is -0.502 e. The molecule has 0 spiro atoms. The van der Waals surface area contributed by atoms with E-state index in [0.717, 1.165) is 17.3 Å². The summed E-state index contributed by atoms with van der Waals surface area (Å²) in [6.45, 7) is 1.79. The van der Waals surface area contributed by atoms with Crippen molar-refractivity contribution in [2.24, 2.45) is 0 Å². The van der Waals surface area contributed by atoms with E-state index in [1.807, 2.05) is 0 Å². The van der Waals surface area contributed by atoms with E-state index in [4.69, 9.17) is 39.5 Å². The number of halogens is 3. The lowest BCUT2D eigenvalue weighted by Gasteiger charge is -2.27. The van der Waals surface area contributed by atoms with Crippen molar-refractivity contribution in [3.05, 3.63) is 103 Å². The van der Waals surface area contributed by atoms with Crippen molar-refractivity contribution in [2.45, 2.75) is 17.9 Å². The van der Waals surface area contributed by atoms with E-state index < -0.39 is 23.7 Å². The van der Waals surface area contributed by atoms with E-state index in [9.17, 15) is 14.7 Å². The molecule has 1 atom stereocenters. The second-order valence-electron chi connectivity index (χ2n) is 7.51. The van der Waals surface area contributed by atoms with Crippen molar-refractivity contribution in [3.63, 3.8) is 0 Å². The van der Waals surface area contributed by atoms with Crippen LogP contribution in [0, 0.1) is 6.92 Å². The maximum atomic E-state index is 13.3. The van der Waals surface area contributed by atoms with Crippen LogP contribution in [0.25, 0.3) is 0 Å². The lowest BCUT2D eigenvalue weighted by molar-refractivity contribution is -0.117. The molecule has 0 bridgehead atoms. The van der Waals surface area contributed by atoms with E-state index in [0.29, 0.717) is 36.1 Å². The van der Waals surface area contributed by atoms with Gasteiger partial charge in [-0.3, -0.25) is 9.69 Å². The van der Waals surface area contributed by atoms with Crippen LogP contribution in [0.4, 0.5) is 5.69 Å². The number of benzene rings is 3. The molecule has 0 aromatic heterocycles. The van der Waals surface area contributed by atoms with Gasteiger partial charge in [-0.05, 0) is 60.5 Å². The molecule has 0 fully saturated rings. The number of rotatable bonds is 5. The molecule has 1 aliphatic rings. The second kappa shape index (κ2) is 9.92. The molecule has 4 rings (SSSR count). The first kappa shape index (κ1) is 24.5. The Hall–Kier alpha value is -2.64. The number of amides is 1. The maximum Gasteiger partial charge on any atom is 0.339 e. The average molecular weight is 535 g/mol. The number of aliphatic hydroxyl groups excluding tert-OH is 1. The molecule has 1 aliphatic heterocycles. The van der Waals surface area contributed by atoms with Crippen molar-refractivity contribution in [3.8, 4) is 0 Å². The predicted molar refractivity (Wildman–Crippen MR) is 136 cm³/mol. The zero-order valence-corrected chi connectivity index (χ0v) is 21.1. The summed E-state index contributed by atoms with van der Waals surface area (Å²) in [5.74, 6) is -1.58. The van der Waals surface area contributed by atoms with Gasteiger partial charge < -0.3 is 9.84 Å². The fourth-order valence-electron chi connectivity index (χ4n) is 3.76. The number of aliphatic hydroxyl groups is 1. The van der Waals surface area contributed by atoms with Crippen LogP contribution in [0.15, 0.2) is 76.2 Å². The van der Waals surface area contributed by atoms with Gasteiger partial charge >= 0.3 is 5.97 Å². The Labute approximate surface area is 215 Å². The van der Waals surface area contributed by atoms with Crippen molar-refractivity contribution in [1.82, 2.24) is 0 Å². The number of aryl methyl sites for hydroxylation is 1. The van der Waals surface area contributed by atoms with E-state index in [-0.39, 0.29) is 5.56 Å². The smallest absolute Gasteiger partial charge is 0.339 e. The third kappa shape index (κ3) is 4.64. The van der Waals surface area contributed by atoms with Gasteiger partial charge in [0.15, 0.2) is 5.76 Å². The lowest BCUT2D eigenvalue weighted by Crippen LogP contribution is -2.30. The van der Waals surface area contributed by atoms with Gasteiger partial charge in [-0.25, -0.2) is 4.79 Å². The summed E-state index contributed by atoms with van der Waals surface area (Å²) in [7, 11) is 1.28. The van der Waals surface area contributed by atoms with Gasteiger partial charge in [0.2, 0.25) is 0 Å². The fraction of sp³-hybridized carbons (Fsp3) is 0.120. The van der Waals surface area contributed by atoms with Gasteiger partial charge in [-0.15, -0.1) is 0 Å². The number of anilines is 1.